The molecular formula is C12H14ClN3OS. The topological polar surface area (TPSA) is 58.0 Å². The Morgan fingerprint density at radius 1 is 1.33 bits per heavy atom. The van der Waals surface area contributed by atoms with Crippen molar-refractivity contribution in [1.82, 2.24) is 10.2 Å². The van der Waals surface area contributed by atoms with Gasteiger partial charge in [0.15, 0.2) is 11.0 Å². The van der Waals surface area contributed by atoms with E-state index in [4.69, 9.17) is 11.6 Å². The molecule has 0 bridgehead atoms. The molecule has 6 heteroatoms. The van der Waals surface area contributed by atoms with Gasteiger partial charge in [-0.2, -0.15) is 0 Å². The Kier molecular flexibility index (Phi) is 3.37. The third-order valence-corrected chi connectivity index (χ3v) is 4.69. The number of fused-ring (bicyclic) bond motifs is 1. The second kappa shape index (κ2) is 4.99. The van der Waals surface area contributed by atoms with E-state index >= 15 is 0 Å². The molecule has 2 heterocycles. The van der Waals surface area contributed by atoms with Gasteiger partial charge in [0.25, 0.3) is 0 Å². The molecule has 4 nitrogen and oxygen atoms in total. The number of thiophene rings is 1. The molecule has 1 saturated carbocycles. The van der Waals surface area contributed by atoms with E-state index < -0.39 is 0 Å². The van der Waals surface area contributed by atoms with Gasteiger partial charge in [0.05, 0.1) is 16.8 Å². The number of aromatic nitrogens is 2. The van der Waals surface area contributed by atoms with Crippen molar-refractivity contribution < 1.29 is 5.11 Å². The summed E-state index contributed by atoms with van der Waals surface area (Å²) in [5, 5.41) is 24.7. The number of aliphatic hydroxyl groups is 1. The van der Waals surface area contributed by atoms with E-state index in [1.165, 1.54) is 0 Å². The number of nitrogens with one attached hydrogen (secondary N) is 1. The van der Waals surface area contributed by atoms with Gasteiger partial charge in [0, 0.05) is 5.39 Å². The summed E-state index contributed by atoms with van der Waals surface area (Å²) in [4.78, 5) is 0. The predicted octanol–water partition coefficient (Wildman–Crippen LogP) is 3.06. The van der Waals surface area contributed by atoms with Crippen molar-refractivity contribution in [2.24, 2.45) is 0 Å². The molecule has 0 unspecified atom stereocenters. The Labute approximate surface area is 114 Å². The summed E-state index contributed by atoms with van der Waals surface area (Å²) in [5.74, 6) is 0.724. The number of hydrogen-bond acceptors (Lipinski definition) is 5. The maximum absolute atomic E-state index is 9.97. The number of anilines is 1. The first-order chi connectivity index (χ1) is 8.75. The fourth-order valence-corrected chi connectivity index (χ4v) is 3.45. The molecule has 96 valence electrons. The smallest absolute Gasteiger partial charge is 0.169 e. The van der Waals surface area contributed by atoms with E-state index in [0.717, 1.165) is 41.6 Å². The van der Waals surface area contributed by atoms with Crippen LogP contribution in [0.5, 0.6) is 0 Å². The monoisotopic (exact) mass is 283 g/mol. The Morgan fingerprint density at radius 3 is 3.00 bits per heavy atom. The van der Waals surface area contributed by atoms with Crippen LogP contribution >= 0.6 is 22.9 Å². The Morgan fingerprint density at radius 2 is 2.17 bits per heavy atom. The molecule has 0 aromatic carbocycles. The highest BCUT2D eigenvalue weighted by atomic mass is 35.5. The first-order valence-electron chi connectivity index (χ1n) is 6.09. The van der Waals surface area contributed by atoms with Crippen LogP contribution in [0.1, 0.15) is 25.7 Å². The van der Waals surface area contributed by atoms with Crippen LogP contribution < -0.4 is 5.32 Å². The Hall–Kier alpha value is -0.910. The molecule has 0 amide bonds. The summed E-state index contributed by atoms with van der Waals surface area (Å²) in [5.41, 5.74) is 0. The summed E-state index contributed by atoms with van der Waals surface area (Å²) in [7, 11) is 0. The average Bonchev–Trinajstić information content (AvgIpc) is 2.85. The number of hydrogen-bond donors (Lipinski definition) is 2. The van der Waals surface area contributed by atoms with Crippen molar-refractivity contribution in [3.8, 4) is 0 Å². The van der Waals surface area contributed by atoms with Gasteiger partial charge in [-0.05, 0) is 24.3 Å². The second-order valence-corrected chi connectivity index (χ2v) is 5.88. The fraction of sp³-hybridized carbons (Fsp3) is 0.500. The standard InChI is InChI=1S/C12H14ClN3OS/c13-11-10-7(5-6-18-10)12(16-15-11)14-8-3-1-2-4-9(8)17/h5-6,8-9,17H,1-4H2,(H,14,16)/t8-,9-/m1/s1. The number of halogens is 1. The van der Waals surface area contributed by atoms with Crippen molar-refractivity contribution >= 4 is 38.8 Å². The minimum absolute atomic E-state index is 0.0670. The molecule has 2 aromatic rings. The van der Waals surface area contributed by atoms with Crippen molar-refractivity contribution in [3.05, 3.63) is 16.6 Å². The molecule has 2 aromatic heterocycles. The van der Waals surface area contributed by atoms with E-state index in [1.54, 1.807) is 11.3 Å². The Balaban J connectivity index is 1.90. The third-order valence-electron chi connectivity index (χ3n) is 3.40. The molecular weight excluding hydrogens is 270 g/mol. The van der Waals surface area contributed by atoms with E-state index in [1.807, 2.05) is 11.4 Å². The van der Waals surface area contributed by atoms with E-state index in [2.05, 4.69) is 15.5 Å². The quantitative estimate of drug-likeness (QED) is 0.889. The normalized spacial score (nSPS) is 24.3. The first-order valence-corrected chi connectivity index (χ1v) is 7.35. The summed E-state index contributed by atoms with van der Waals surface area (Å²) in [6.07, 6.45) is 3.76. The third kappa shape index (κ3) is 2.18. The first kappa shape index (κ1) is 12.1. The summed E-state index contributed by atoms with van der Waals surface area (Å²) >= 11 is 7.56. The molecule has 18 heavy (non-hydrogen) atoms. The molecule has 0 spiro atoms. The van der Waals surface area contributed by atoms with Gasteiger partial charge in [0.1, 0.15) is 0 Å². The predicted molar refractivity (Wildman–Crippen MR) is 74.3 cm³/mol. The van der Waals surface area contributed by atoms with Gasteiger partial charge in [0.2, 0.25) is 0 Å². The number of rotatable bonds is 2. The zero-order valence-electron chi connectivity index (χ0n) is 9.77. The molecule has 1 fully saturated rings. The van der Waals surface area contributed by atoms with Crippen molar-refractivity contribution in [3.63, 3.8) is 0 Å². The van der Waals surface area contributed by atoms with E-state index in [-0.39, 0.29) is 12.1 Å². The highest BCUT2D eigenvalue weighted by molar-refractivity contribution is 7.17. The number of aliphatic hydroxyl groups excluding tert-OH is 1. The lowest BCUT2D eigenvalue weighted by Crippen LogP contribution is -2.36. The van der Waals surface area contributed by atoms with Crippen molar-refractivity contribution in [2.45, 2.75) is 37.8 Å². The van der Waals surface area contributed by atoms with Crippen molar-refractivity contribution in [1.29, 1.82) is 0 Å². The van der Waals surface area contributed by atoms with E-state index in [9.17, 15) is 5.11 Å². The van der Waals surface area contributed by atoms with Crippen LogP contribution in [0.3, 0.4) is 0 Å². The van der Waals surface area contributed by atoms with Crippen molar-refractivity contribution in [2.75, 3.05) is 5.32 Å². The molecule has 1 aliphatic rings. The highest BCUT2D eigenvalue weighted by Crippen LogP contribution is 2.32. The van der Waals surface area contributed by atoms with Crippen LogP contribution in [0.4, 0.5) is 5.82 Å². The average molecular weight is 284 g/mol. The Bertz CT molecular complexity index is 559. The lowest BCUT2D eigenvalue weighted by Gasteiger charge is -2.28. The van der Waals surface area contributed by atoms with Crippen LogP contribution in [0.2, 0.25) is 5.15 Å². The zero-order valence-corrected chi connectivity index (χ0v) is 11.3. The maximum atomic E-state index is 9.97. The molecule has 0 aliphatic heterocycles. The minimum atomic E-state index is -0.301. The van der Waals surface area contributed by atoms with Crippen LogP contribution in [0, 0.1) is 0 Å². The molecule has 0 radical (unpaired) electrons. The second-order valence-electron chi connectivity index (χ2n) is 4.61. The fourth-order valence-electron chi connectivity index (χ4n) is 2.41. The van der Waals surface area contributed by atoms with Gasteiger partial charge in [-0.25, -0.2) is 0 Å². The summed E-state index contributed by atoms with van der Waals surface area (Å²) < 4.78 is 0.944. The molecule has 2 atom stereocenters. The summed E-state index contributed by atoms with van der Waals surface area (Å²) in [6.45, 7) is 0. The molecule has 2 N–H and O–H groups in total. The molecule has 3 rings (SSSR count). The van der Waals surface area contributed by atoms with Gasteiger partial charge in [-0.3, -0.25) is 0 Å². The van der Waals surface area contributed by atoms with Gasteiger partial charge in [-0.15, -0.1) is 21.5 Å². The zero-order chi connectivity index (χ0) is 12.5. The van der Waals surface area contributed by atoms with Crippen LogP contribution in [-0.4, -0.2) is 27.4 Å². The maximum Gasteiger partial charge on any atom is 0.169 e. The largest absolute Gasteiger partial charge is 0.391 e. The highest BCUT2D eigenvalue weighted by Gasteiger charge is 2.24. The number of nitrogens with zero attached hydrogens (tertiary/aromatic N) is 2. The van der Waals surface area contributed by atoms with Crippen LogP contribution in [0.15, 0.2) is 11.4 Å². The molecule has 0 saturated heterocycles. The van der Waals surface area contributed by atoms with Crippen LogP contribution in [-0.2, 0) is 0 Å². The molecule has 1 aliphatic carbocycles. The lowest BCUT2D eigenvalue weighted by molar-refractivity contribution is 0.116. The van der Waals surface area contributed by atoms with E-state index in [0.29, 0.717) is 5.15 Å². The van der Waals surface area contributed by atoms with Gasteiger partial charge >= 0.3 is 0 Å². The lowest BCUT2D eigenvalue weighted by atomic mass is 9.92. The minimum Gasteiger partial charge on any atom is -0.391 e. The van der Waals surface area contributed by atoms with Gasteiger partial charge in [-0.1, -0.05) is 24.4 Å². The van der Waals surface area contributed by atoms with Crippen LogP contribution in [0.25, 0.3) is 10.1 Å². The SMILES string of the molecule is O[C@@H]1CCCC[C@H]1Nc1nnc(Cl)c2sccc12. The van der Waals surface area contributed by atoms with Gasteiger partial charge < -0.3 is 10.4 Å². The summed E-state index contributed by atoms with van der Waals surface area (Å²) in [6, 6.07) is 2.05.